The van der Waals surface area contributed by atoms with E-state index >= 15 is 0 Å². The first-order chi connectivity index (χ1) is 14.2. The zero-order valence-electron chi connectivity index (χ0n) is 15.7. The Bertz CT molecular complexity index is 1120. The monoisotopic (exact) mass is 388 g/mol. The molecule has 6 heteroatoms. The van der Waals surface area contributed by atoms with Gasteiger partial charge >= 0.3 is 0 Å². The number of carbonyl (C=O) groups excluding carboxylic acids is 2. The minimum atomic E-state index is -0.293. The highest BCUT2D eigenvalue weighted by Crippen LogP contribution is 2.34. The number of amides is 2. The first kappa shape index (κ1) is 17.6. The van der Waals surface area contributed by atoms with Gasteiger partial charge in [-0.1, -0.05) is 24.3 Å². The molecule has 1 heterocycles. The fourth-order valence-electron chi connectivity index (χ4n) is 3.43. The van der Waals surface area contributed by atoms with Gasteiger partial charge in [0.25, 0.3) is 5.91 Å². The molecule has 2 aliphatic rings. The lowest BCUT2D eigenvalue weighted by Gasteiger charge is -2.19. The lowest BCUT2D eigenvalue weighted by molar-refractivity contribution is -0.117. The number of hydrogen-bond acceptors (Lipinski definition) is 4. The summed E-state index contributed by atoms with van der Waals surface area (Å²) in [5.41, 5.74) is 1.55. The molecule has 29 heavy (non-hydrogen) atoms. The van der Waals surface area contributed by atoms with Crippen LogP contribution in [-0.4, -0.2) is 25.0 Å². The van der Waals surface area contributed by atoms with Crippen molar-refractivity contribution in [2.24, 2.45) is 5.92 Å². The molecule has 0 unspecified atom stereocenters. The van der Waals surface area contributed by atoms with E-state index in [0.29, 0.717) is 41.7 Å². The zero-order valence-corrected chi connectivity index (χ0v) is 15.7. The highest BCUT2D eigenvalue weighted by atomic mass is 16.6. The van der Waals surface area contributed by atoms with Crippen molar-refractivity contribution in [3.63, 3.8) is 0 Å². The second-order valence-electron chi connectivity index (χ2n) is 7.32. The first-order valence-corrected chi connectivity index (χ1v) is 9.72. The first-order valence-electron chi connectivity index (χ1n) is 9.72. The summed E-state index contributed by atoms with van der Waals surface area (Å²) >= 11 is 0. The Morgan fingerprint density at radius 2 is 1.55 bits per heavy atom. The number of fused-ring (bicyclic) bond motifs is 2. The summed E-state index contributed by atoms with van der Waals surface area (Å²) in [5, 5.41) is 7.74. The third-order valence-corrected chi connectivity index (χ3v) is 5.14. The molecule has 1 saturated carbocycles. The molecule has 0 bridgehead atoms. The minimum Gasteiger partial charge on any atom is -0.486 e. The summed E-state index contributed by atoms with van der Waals surface area (Å²) < 4.78 is 11.1. The summed E-state index contributed by atoms with van der Waals surface area (Å²) in [5.74, 6) is 0.995. The molecule has 1 fully saturated rings. The van der Waals surface area contributed by atoms with E-state index in [9.17, 15) is 9.59 Å². The van der Waals surface area contributed by atoms with E-state index in [2.05, 4.69) is 10.6 Å². The van der Waals surface area contributed by atoms with Gasteiger partial charge in [-0.25, -0.2) is 0 Å². The van der Waals surface area contributed by atoms with Crippen LogP contribution < -0.4 is 20.1 Å². The largest absolute Gasteiger partial charge is 0.486 e. The molecule has 0 atom stereocenters. The maximum Gasteiger partial charge on any atom is 0.257 e. The fraction of sp³-hybridized carbons (Fsp3) is 0.217. The zero-order chi connectivity index (χ0) is 19.8. The van der Waals surface area contributed by atoms with E-state index in [1.165, 1.54) is 0 Å². The van der Waals surface area contributed by atoms with E-state index in [4.69, 9.17) is 9.47 Å². The number of hydrogen-bond donors (Lipinski definition) is 2. The fourth-order valence-corrected chi connectivity index (χ4v) is 3.43. The van der Waals surface area contributed by atoms with Crippen molar-refractivity contribution < 1.29 is 19.1 Å². The molecule has 2 N–H and O–H groups in total. The van der Waals surface area contributed by atoms with Crippen LogP contribution in [0.15, 0.2) is 54.6 Å². The maximum atomic E-state index is 13.1. The van der Waals surface area contributed by atoms with Crippen molar-refractivity contribution in [3.8, 4) is 11.5 Å². The van der Waals surface area contributed by atoms with Crippen LogP contribution in [0.3, 0.4) is 0 Å². The van der Waals surface area contributed by atoms with Gasteiger partial charge in [0.2, 0.25) is 5.91 Å². The molecule has 3 aromatic carbocycles. The Labute approximate surface area is 167 Å². The molecule has 3 aromatic rings. The van der Waals surface area contributed by atoms with Gasteiger partial charge in [0.05, 0.1) is 11.3 Å². The topological polar surface area (TPSA) is 76.7 Å². The van der Waals surface area contributed by atoms with Crippen molar-refractivity contribution in [2.75, 3.05) is 23.8 Å². The summed E-state index contributed by atoms with van der Waals surface area (Å²) in [4.78, 5) is 25.4. The van der Waals surface area contributed by atoms with Crippen LogP contribution in [0.4, 0.5) is 11.4 Å². The Morgan fingerprint density at radius 3 is 2.31 bits per heavy atom. The van der Waals surface area contributed by atoms with E-state index in [-0.39, 0.29) is 17.7 Å². The Balaban J connectivity index is 1.47. The Hall–Kier alpha value is -3.54. The third kappa shape index (κ3) is 3.61. The van der Waals surface area contributed by atoms with Crippen LogP contribution in [0.2, 0.25) is 0 Å². The van der Waals surface area contributed by atoms with E-state index in [0.717, 1.165) is 23.6 Å². The van der Waals surface area contributed by atoms with Crippen molar-refractivity contribution >= 4 is 34.0 Å². The van der Waals surface area contributed by atoms with Gasteiger partial charge in [0.15, 0.2) is 11.5 Å². The van der Waals surface area contributed by atoms with E-state index in [1.807, 2.05) is 36.4 Å². The minimum absolute atomic E-state index is 0.0336. The van der Waals surface area contributed by atoms with Gasteiger partial charge in [-0.05, 0) is 47.9 Å². The van der Waals surface area contributed by atoms with E-state index < -0.39 is 0 Å². The van der Waals surface area contributed by atoms with Crippen LogP contribution in [-0.2, 0) is 4.79 Å². The third-order valence-electron chi connectivity index (χ3n) is 5.14. The molecule has 0 aromatic heterocycles. The number of anilines is 2. The molecule has 5 rings (SSSR count). The lowest BCUT2D eigenvalue weighted by Crippen LogP contribution is -2.19. The number of carbonyl (C=O) groups is 2. The number of rotatable bonds is 4. The average Bonchev–Trinajstić information content (AvgIpc) is 3.58. The quantitative estimate of drug-likeness (QED) is 0.702. The molecule has 0 saturated heterocycles. The van der Waals surface area contributed by atoms with Crippen LogP contribution in [0.25, 0.3) is 10.8 Å². The van der Waals surface area contributed by atoms with Gasteiger partial charge in [0, 0.05) is 17.7 Å². The van der Waals surface area contributed by atoms with Gasteiger partial charge in [-0.2, -0.15) is 0 Å². The summed E-state index contributed by atoms with van der Waals surface area (Å²) in [6.07, 6.45) is 1.80. The van der Waals surface area contributed by atoms with Crippen LogP contribution in [0, 0.1) is 5.92 Å². The van der Waals surface area contributed by atoms with Crippen LogP contribution in [0.1, 0.15) is 23.2 Å². The number of ether oxygens (including phenoxy) is 2. The SMILES string of the molecule is O=C(Nc1ccc2c(c1)OCCO2)c1cc2ccccc2cc1NC(=O)C1CC1. The van der Waals surface area contributed by atoms with Crippen molar-refractivity contribution in [3.05, 3.63) is 60.2 Å². The molecule has 0 spiro atoms. The van der Waals surface area contributed by atoms with Crippen LogP contribution in [0.5, 0.6) is 11.5 Å². The van der Waals surface area contributed by atoms with Gasteiger partial charge < -0.3 is 20.1 Å². The average molecular weight is 388 g/mol. The van der Waals surface area contributed by atoms with Crippen LogP contribution >= 0.6 is 0 Å². The predicted octanol–water partition coefficient (Wildman–Crippen LogP) is 4.21. The molecule has 146 valence electrons. The van der Waals surface area contributed by atoms with Gasteiger partial charge in [0.1, 0.15) is 13.2 Å². The van der Waals surface area contributed by atoms with E-state index in [1.54, 1.807) is 18.2 Å². The predicted molar refractivity (Wildman–Crippen MR) is 111 cm³/mol. The molecule has 1 aliphatic heterocycles. The normalized spacial score (nSPS) is 15.0. The summed E-state index contributed by atoms with van der Waals surface area (Å²) in [6, 6.07) is 16.7. The summed E-state index contributed by atoms with van der Waals surface area (Å²) in [6.45, 7) is 0.992. The second kappa shape index (κ2) is 7.13. The Kier molecular flexibility index (Phi) is 4.31. The van der Waals surface area contributed by atoms with Crippen molar-refractivity contribution in [1.82, 2.24) is 0 Å². The number of nitrogens with one attached hydrogen (secondary N) is 2. The van der Waals surface area contributed by atoms with Crippen molar-refractivity contribution in [2.45, 2.75) is 12.8 Å². The highest BCUT2D eigenvalue weighted by molar-refractivity contribution is 6.13. The molecule has 2 amide bonds. The summed E-state index contributed by atoms with van der Waals surface area (Å²) in [7, 11) is 0. The van der Waals surface area contributed by atoms with Gasteiger partial charge in [-0.15, -0.1) is 0 Å². The lowest BCUT2D eigenvalue weighted by atomic mass is 10.0. The molecular formula is C23H20N2O4. The highest BCUT2D eigenvalue weighted by Gasteiger charge is 2.30. The molecule has 6 nitrogen and oxygen atoms in total. The van der Waals surface area contributed by atoms with Gasteiger partial charge in [-0.3, -0.25) is 9.59 Å². The van der Waals surface area contributed by atoms with Crippen molar-refractivity contribution in [1.29, 1.82) is 0 Å². The number of benzene rings is 3. The molecule has 1 aliphatic carbocycles. The molecular weight excluding hydrogens is 368 g/mol. The maximum absolute atomic E-state index is 13.1. The standard InChI is InChI=1S/C23H20N2O4/c26-22(14-5-6-14)25-19-12-16-4-2-1-3-15(16)11-18(19)23(27)24-17-7-8-20-21(13-17)29-10-9-28-20/h1-4,7-8,11-14H,5-6,9-10H2,(H,24,27)(H,25,26). The second-order valence-corrected chi connectivity index (χ2v) is 7.32. The smallest absolute Gasteiger partial charge is 0.257 e. The Morgan fingerprint density at radius 1 is 0.828 bits per heavy atom. The molecule has 0 radical (unpaired) electrons.